The summed E-state index contributed by atoms with van der Waals surface area (Å²) in [5, 5.41) is 14.5. The molecule has 0 heterocycles. The first-order valence-corrected chi connectivity index (χ1v) is 6.80. The summed E-state index contributed by atoms with van der Waals surface area (Å²) in [5.74, 6) is -0.783. The lowest BCUT2D eigenvalue weighted by molar-refractivity contribution is -0.139. The molecule has 2 atom stereocenters. The molecule has 0 fully saturated rings. The fourth-order valence-electron chi connectivity index (χ4n) is 2.01. The molecule has 2 unspecified atom stereocenters. The molecule has 0 saturated carbocycles. The van der Waals surface area contributed by atoms with Crippen LogP contribution in [0.2, 0.25) is 0 Å². The molecule has 110 valence electrons. The van der Waals surface area contributed by atoms with E-state index in [0.29, 0.717) is 11.5 Å². The first kappa shape index (κ1) is 16.0. The maximum absolute atomic E-state index is 11.9. The Labute approximate surface area is 119 Å². The SMILES string of the molecule is CCC(NC(=O)NC(C(=O)O)c1ccccc1)C(C)C. The summed E-state index contributed by atoms with van der Waals surface area (Å²) in [4.78, 5) is 23.2. The van der Waals surface area contributed by atoms with Gasteiger partial charge in [-0.05, 0) is 17.9 Å². The molecule has 2 amide bonds. The van der Waals surface area contributed by atoms with Crippen LogP contribution in [-0.2, 0) is 4.79 Å². The van der Waals surface area contributed by atoms with E-state index in [4.69, 9.17) is 0 Å². The molecule has 5 nitrogen and oxygen atoms in total. The van der Waals surface area contributed by atoms with E-state index in [-0.39, 0.29) is 6.04 Å². The van der Waals surface area contributed by atoms with Crippen LogP contribution in [0.3, 0.4) is 0 Å². The van der Waals surface area contributed by atoms with Gasteiger partial charge in [-0.3, -0.25) is 0 Å². The van der Waals surface area contributed by atoms with Gasteiger partial charge in [0.25, 0.3) is 0 Å². The minimum atomic E-state index is -1.08. The maximum atomic E-state index is 11.9. The fraction of sp³-hybridized carbons (Fsp3) is 0.467. The number of hydrogen-bond donors (Lipinski definition) is 3. The van der Waals surface area contributed by atoms with Crippen LogP contribution in [0.4, 0.5) is 4.79 Å². The van der Waals surface area contributed by atoms with Crippen LogP contribution in [0, 0.1) is 5.92 Å². The predicted molar refractivity (Wildman–Crippen MR) is 77.4 cm³/mol. The molecule has 1 aromatic carbocycles. The minimum absolute atomic E-state index is 0.0280. The van der Waals surface area contributed by atoms with Gasteiger partial charge in [-0.25, -0.2) is 9.59 Å². The van der Waals surface area contributed by atoms with E-state index in [1.54, 1.807) is 30.3 Å². The zero-order chi connectivity index (χ0) is 15.1. The number of rotatable bonds is 6. The Morgan fingerprint density at radius 3 is 2.20 bits per heavy atom. The van der Waals surface area contributed by atoms with Crippen molar-refractivity contribution in [2.45, 2.75) is 39.3 Å². The second kappa shape index (κ2) is 7.53. The lowest BCUT2D eigenvalue weighted by Crippen LogP contribution is -2.46. The molecule has 3 N–H and O–H groups in total. The van der Waals surface area contributed by atoms with E-state index < -0.39 is 18.0 Å². The number of urea groups is 1. The van der Waals surface area contributed by atoms with Gasteiger partial charge in [-0.1, -0.05) is 51.1 Å². The standard InChI is InChI=1S/C15H22N2O3/c1-4-12(10(2)3)16-15(20)17-13(14(18)19)11-8-6-5-7-9-11/h5-10,12-13H,4H2,1-3H3,(H,18,19)(H2,16,17,20). The van der Waals surface area contributed by atoms with Gasteiger partial charge < -0.3 is 15.7 Å². The molecule has 5 heteroatoms. The molecule has 0 aliphatic heterocycles. The van der Waals surface area contributed by atoms with Gasteiger partial charge in [0.05, 0.1) is 0 Å². The van der Waals surface area contributed by atoms with E-state index in [2.05, 4.69) is 10.6 Å². The highest BCUT2D eigenvalue weighted by molar-refractivity contribution is 5.83. The summed E-state index contributed by atoms with van der Waals surface area (Å²) in [5.41, 5.74) is 0.549. The highest BCUT2D eigenvalue weighted by atomic mass is 16.4. The number of carbonyl (C=O) groups is 2. The van der Waals surface area contributed by atoms with E-state index >= 15 is 0 Å². The summed E-state index contributed by atoms with van der Waals surface area (Å²) < 4.78 is 0. The number of carboxylic acid groups (broad SMARTS) is 1. The summed E-state index contributed by atoms with van der Waals surface area (Å²) in [6.45, 7) is 6.01. The Hall–Kier alpha value is -2.04. The van der Waals surface area contributed by atoms with Crippen LogP contribution in [0.1, 0.15) is 38.8 Å². The molecular weight excluding hydrogens is 256 g/mol. The monoisotopic (exact) mass is 278 g/mol. The topological polar surface area (TPSA) is 78.4 Å². The summed E-state index contributed by atoms with van der Waals surface area (Å²) >= 11 is 0. The average molecular weight is 278 g/mol. The number of aliphatic carboxylic acids is 1. The molecule has 1 rings (SSSR count). The number of nitrogens with one attached hydrogen (secondary N) is 2. The van der Waals surface area contributed by atoms with Crippen molar-refractivity contribution < 1.29 is 14.7 Å². The largest absolute Gasteiger partial charge is 0.479 e. The van der Waals surface area contributed by atoms with Gasteiger partial charge in [0.2, 0.25) is 0 Å². The van der Waals surface area contributed by atoms with E-state index in [0.717, 1.165) is 6.42 Å². The molecule has 0 aliphatic carbocycles. The number of amides is 2. The number of benzene rings is 1. The summed E-state index contributed by atoms with van der Waals surface area (Å²) in [6.07, 6.45) is 0.800. The Balaban J connectivity index is 2.72. The third-order valence-electron chi connectivity index (χ3n) is 3.22. The van der Waals surface area contributed by atoms with Crippen molar-refractivity contribution in [2.24, 2.45) is 5.92 Å². The van der Waals surface area contributed by atoms with Crippen molar-refractivity contribution in [1.29, 1.82) is 0 Å². The highest BCUT2D eigenvalue weighted by Gasteiger charge is 2.23. The molecule has 1 aromatic rings. The second-order valence-corrected chi connectivity index (χ2v) is 5.06. The van der Waals surface area contributed by atoms with Crippen LogP contribution in [0.25, 0.3) is 0 Å². The zero-order valence-corrected chi connectivity index (χ0v) is 12.1. The Morgan fingerprint density at radius 2 is 1.75 bits per heavy atom. The highest BCUT2D eigenvalue weighted by Crippen LogP contribution is 2.13. The molecule has 0 radical (unpaired) electrons. The van der Waals surface area contributed by atoms with E-state index in [1.165, 1.54) is 0 Å². The summed E-state index contributed by atoms with van der Waals surface area (Å²) in [7, 11) is 0. The fourth-order valence-corrected chi connectivity index (χ4v) is 2.01. The second-order valence-electron chi connectivity index (χ2n) is 5.06. The first-order chi connectivity index (χ1) is 9.45. The third-order valence-corrected chi connectivity index (χ3v) is 3.22. The predicted octanol–water partition coefficient (Wildman–Crippen LogP) is 2.55. The van der Waals surface area contributed by atoms with Crippen molar-refractivity contribution in [2.75, 3.05) is 0 Å². The third kappa shape index (κ3) is 4.57. The van der Waals surface area contributed by atoms with Crippen molar-refractivity contribution in [3.8, 4) is 0 Å². The molecule has 20 heavy (non-hydrogen) atoms. The first-order valence-electron chi connectivity index (χ1n) is 6.80. The molecule has 0 spiro atoms. The molecule has 0 aromatic heterocycles. The normalized spacial score (nSPS) is 13.6. The van der Waals surface area contributed by atoms with Gasteiger partial charge >= 0.3 is 12.0 Å². The van der Waals surface area contributed by atoms with Gasteiger partial charge in [0.15, 0.2) is 6.04 Å². The Morgan fingerprint density at radius 1 is 1.15 bits per heavy atom. The van der Waals surface area contributed by atoms with E-state index in [1.807, 2.05) is 20.8 Å². The minimum Gasteiger partial charge on any atom is -0.479 e. The Kier molecular flexibility index (Phi) is 6.03. The van der Waals surface area contributed by atoms with Crippen LogP contribution >= 0.6 is 0 Å². The molecule has 0 bridgehead atoms. The van der Waals surface area contributed by atoms with Crippen LogP contribution in [-0.4, -0.2) is 23.1 Å². The van der Waals surface area contributed by atoms with Gasteiger partial charge in [-0.15, -0.1) is 0 Å². The van der Waals surface area contributed by atoms with Crippen molar-refractivity contribution >= 4 is 12.0 Å². The molecule has 0 saturated heterocycles. The van der Waals surface area contributed by atoms with Gasteiger partial charge in [-0.2, -0.15) is 0 Å². The van der Waals surface area contributed by atoms with Gasteiger partial charge in [0.1, 0.15) is 0 Å². The van der Waals surface area contributed by atoms with Crippen molar-refractivity contribution in [1.82, 2.24) is 10.6 Å². The van der Waals surface area contributed by atoms with Gasteiger partial charge in [0, 0.05) is 6.04 Å². The van der Waals surface area contributed by atoms with Crippen LogP contribution in [0.15, 0.2) is 30.3 Å². The lowest BCUT2D eigenvalue weighted by atomic mass is 10.0. The smallest absolute Gasteiger partial charge is 0.330 e. The number of carbonyl (C=O) groups excluding carboxylic acids is 1. The van der Waals surface area contributed by atoms with Crippen LogP contribution in [0.5, 0.6) is 0 Å². The van der Waals surface area contributed by atoms with Crippen molar-refractivity contribution in [3.63, 3.8) is 0 Å². The lowest BCUT2D eigenvalue weighted by Gasteiger charge is -2.22. The zero-order valence-electron chi connectivity index (χ0n) is 12.1. The maximum Gasteiger partial charge on any atom is 0.330 e. The molecular formula is C15H22N2O3. The Bertz CT molecular complexity index is 446. The number of hydrogen-bond acceptors (Lipinski definition) is 2. The average Bonchev–Trinajstić information content (AvgIpc) is 2.42. The van der Waals surface area contributed by atoms with Crippen LogP contribution < -0.4 is 10.6 Å². The quantitative estimate of drug-likeness (QED) is 0.748. The van der Waals surface area contributed by atoms with E-state index in [9.17, 15) is 14.7 Å². The van der Waals surface area contributed by atoms with Crippen molar-refractivity contribution in [3.05, 3.63) is 35.9 Å². The summed E-state index contributed by atoms with van der Waals surface area (Å²) in [6, 6.07) is 7.18. The molecule has 0 aliphatic rings. The number of carboxylic acids is 1.